The molecule has 5 heteroatoms. The molecule has 0 atom stereocenters. The summed E-state index contributed by atoms with van der Waals surface area (Å²) in [7, 11) is 0. The van der Waals surface area contributed by atoms with E-state index in [2.05, 4.69) is 9.88 Å². The summed E-state index contributed by atoms with van der Waals surface area (Å²) in [5.41, 5.74) is 0. The van der Waals surface area contributed by atoms with Gasteiger partial charge in [0.05, 0.1) is 19.8 Å². The molecule has 1 saturated heterocycles. The summed E-state index contributed by atoms with van der Waals surface area (Å²) in [6.07, 6.45) is 4.65. The van der Waals surface area contributed by atoms with Gasteiger partial charge in [0, 0.05) is 45.0 Å². The van der Waals surface area contributed by atoms with Crippen LogP contribution >= 0.6 is 0 Å². The second kappa shape index (κ2) is 5.98. The van der Waals surface area contributed by atoms with Crippen LogP contribution in [0.1, 0.15) is 5.82 Å². The molecule has 2 heterocycles. The molecule has 1 aromatic rings. The van der Waals surface area contributed by atoms with E-state index in [9.17, 15) is 0 Å². The van der Waals surface area contributed by atoms with Gasteiger partial charge in [-0.2, -0.15) is 0 Å². The number of aliphatic hydroxyl groups excluding tert-OH is 1. The van der Waals surface area contributed by atoms with Gasteiger partial charge in [0.15, 0.2) is 0 Å². The molecule has 0 saturated carbocycles. The fourth-order valence-electron chi connectivity index (χ4n) is 1.96. The number of aromatic nitrogens is 2. The van der Waals surface area contributed by atoms with Crippen LogP contribution < -0.4 is 0 Å². The van der Waals surface area contributed by atoms with Gasteiger partial charge in [-0.05, 0) is 0 Å². The summed E-state index contributed by atoms with van der Waals surface area (Å²) < 4.78 is 7.32. The molecule has 0 amide bonds. The third-order valence-electron chi connectivity index (χ3n) is 2.90. The van der Waals surface area contributed by atoms with Crippen LogP contribution in [-0.4, -0.2) is 59.0 Å². The smallest absolute Gasteiger partial charge is 0.109 e. The van der Waals surface area contributed by atoms with E-state index in [1.165, 1.54) is 0 Å². The third kappa shape index (κ3) is 3.04. The minimum atomic E-state index is 0.168. The molecule has 5 nitrogen and oxygen atoms in total. The van der Waals surface area contributed by atoms with E-state index >= 15 is 0 Å². The summed E-state index contributed by atoms with van der Waals surface area (Å²) >= 11 is 0. The maximum absolute atomic E-state index is 8.90. The molecule has 1 fully saturated rings. The largest absolute Gasteiger partial charge is 0.395 e. The van der Waals surface area contributed by atoms with Crippen molar-refractivity contribution in [1.29, 1.82) is 0 Å². The Kier molecular flexibility index (Phi) is 4.33. The lowest BCUT2D eigenvalue weighted by molar-refractivity contribution is 0.0381. The first kappa shape index (κ1) is 11.6. The van der Waals surface area contributed by atoms with Crippen molar-refractivity contribution < 1.29 is 9.84 Å². The van der Waals surface area contributed by atoms with Crippen molar-refractivity contribution in [1.82, 2.24) is 14.5 Å². The quantitative estimate of drug-likeness (QED) is 0.751. The average Bonchev–Trinajstić information content (AvgIpc) is 2.76. The molecular formula is C11H19N3O2. The molecule has 1 aliphatic heterocycles. The Morgan fingerprint density at radius 1 is 1.31 bits per heavy atom. The molecule has 0 radical (unpaired) electrons. The van der Waals surface area contributed by atoms with E-state index in [1.807, 2.05) is 10.8 Å². The van der Waals surface area contributed by atoms with Crippen molar-refractivity contribution in [3.63, 3.8) is 0 Å². The molecule has 1 aromatic heterocycles. The summed E-state index contributed by atoms with van der Waals surface area (Å²) in [6.45, 7) is 5.53. The SMILES string of the molecule is OCCn1ccnc1CCN1CCOCC1. The van der Waals surface area contributed by atoms with Crippen LogP contribution in [0.25, 0.3) is 0 Å². The van der Waals surface area contributed by atoms with Gasteiger partial charge in [0.1, 0.15) is 5.82 Å². The van der Waals surface area contributed by atoms with Crippen LogP contribution in [0.2, 0.25) is 0 Å². The first-order chi connectivity index (χ1) is 7.90. The third-order valence-corrected chi connectivity index (χ3v) is 2.90. The van der Waals surface area contributed by atoms with Crippen molar-refractivity contribution in [2.24, 2.45) is 0 Å². The fraction of sp³-hybridized carbons (Fsp3) is 0.727. The highest BCUT2D eigenvalue weighted by molar-refractivity contribution is 4.93. The molecule has 0 aliphatic carbocycles. The van der Waals surface area contributed by atoms with Crippen molar-refractivity contribution in [3.8, 4) is 0 Å². The minimum Gasteiger partial charge on any atom is -0.395 e. The summed E-state index contributed by atoms with van der Waals surface area (Å²) in [5, 5.41) is 8.90. The monoisotopic (exact) mass is 225 g/mol. The van der Waals surface area contributed by atoms with Crippen molar-refractivity contribution in [2.45, 2.75) is 13.0 Å². The molecular weight excluding hydrogens is 206 g/mol. The summed E-state index contributed by atoms with van der Waals surface area (Å²) in [5.74, 6) is 1.06. The average molecular weight is 225 g/mol. The predicted molar refractivity (Wildman–Crippen MR) is 60.3 cm³/mol. The number of hydrogen-bond donors (Lipinski definition) is 1. The Hall–Kier alpha value is -0.910. The molecule has 0 aromatic carbocycles. The number of nitrogens with zero attached hydrogens (tertiary/aromatic N) is 3. The van der Waals surface area contributed by atoms with Gasteiger partial charge in [-0.3, -0.25) is 4.90 Å². The normalized spacial score (nSPS) is 17.8. The van der Waals surface area contributed by atoms with E-state index in [0.717, 1.165) is 45.1 Å². The van der Waals surface area contributed by atoms with Crippen LogP contribution in [0.5, 0.6) is 0 Å². The molecule has 2 rings (SSSR count). The standard InChI is InChI=1S/C11H19N3O2/c15-8-5-14-4-2-12-11(14)1-3-13-6-9-16-10-7-13/h2,4,15H,1,3,5-10H2. The zero-order chi connectivity index (χ0) is 11.2. The summed E-state index contributed by atoms with van der Waals surface area (Å²) in [4.78, 5) is 6.70. The lowest BCUT2D eigenvalue weighted by Gasteiger charge is -2.26. The number of imidazole rings is 1. The maximum Gasteiger partial charge on any atom is 0.109 e. The number of ether oxygens (including phenoxy) is 1. The molecule has 1 N–H and O–H groups in total. The Morgan fingerprint density at radius 3 is 2.88 bits per heavy atom. The van der Waals surface area contributed by atoms with Gasteiger partial charge >= 0.3 is 0 Å². The number of rotatable bonds is 5. The second-order valence-corrected chi connectivity index (χ2v) is 3.96. The van der Waals surface area contributed by atoms with Gasteiger partial charge in [0.2, 0.25) is 0 Å². The second-order valence-electron chi connectivity index (χ2n) is 3.96. The Bertz CT molecular complexity index is 308. The first-order valence-corrected chi connectivity index (χ1v) is 5.81. The van der Waals surface area contributed by atoms with E-state index in [-0.39, 0.29) is 6.61 Å². The van der Waals surface area contributed by atoms with Gasteiger partial charge in [-0.15, -0.1) is 0 Å². The lowest BCUT2D eigenvalue weighted by Crippen LogP contribution is -2.37. The van der Waals surface area contributed by atoms with Crippen LogP contribution in [0, 0.1) is 0 Å². The van der Waals surface area contributed by atoms with Crippen molar-refractivity contribution >= 4 is 0 Å². The van der Waals surface area contributed by atoms with E-state index in [4.69, 9.17) is 9.84 Å². The highest BCUT2D eigenvalue weighted by atomic mass is 16.5. The molecule has 90 valence electrons. The van der Waals surface area contributed by atoms with Crippen LogP contribution in [-0.2, 0) is 17.7 Å². The lowest BCUT2D eigenvalue weighted by atomic mass is 10.3. The summed E-state index contributed by atoms with van der Waals surface area (Å²) in [6, 6.07) is 0. The molecule has 0 unspecified atom stereocenters. The van der Waals surface area contributed by atoms with E-state index in [0.29, 0.717) is 6.54 Å². The first-order valence-electron chi connectivity index (χ1n) is 5.81. The zero-order valence-electron chi connectivity index (χ0n) is 9.51. The Labute approximate surface area is 95.7 Å². The highest BCUT2D eigenvalue weighted by Crippen LogP contribution is 2.02. The van der Waals surface area contributed by atoms with Crippen molar-refractivity contribution in [2.75, 3.05) is 39.5 Å². The van der Waals surface area contributed by atoms with Crippen LogP contribution in [0.3, 0.4) is 0 Å². The maximum atomic E-state index is 8.90. The highest BCUT2D eigenvalue weighted by Gasteiger charge is 2.11. The van der Waals surface area contributed by atoms with Crippen LogP contribution in [0.15, 0.2) is 12.4 Å². The number of aliphatic hydroxyl groups is 1. The van der Waals surface area contributed by atoms with E-state index in [1.54, 1.807) is 6.20 Å². The molecule has 0 bridgehead atoms. The van der Waals surface area contributed by atoms with Gasteiger partial charge in [-0.25, -0.2) is 4.98 Å². The van der Waals surface area contributed by atoms with Gasteiger partial charge in [-0.1, -0.05) is 0 Å². The van der Waals surface area contributed by atoms with Crippen molar-refractivity contribution in [3.05, 3.63) is 18.2 Å². The van der Waals surface area contributed by atoms with Crippen LogP contribution in [0.4, 0.5) is 0 Å². The molecule has 1 aliphatic rings. The number of morpholine rings is 1. The zero-order valence-corrected chi connectivity index (χ0v) is 9.51. The minimum absolute atomic E-state index is 0.168. The number of hydrogen-bond acceptors (Lipinski definition) is 4. The molecule has 16 heavy (non-hydrogen) atoms. The predicted octanol–water partition coefficient (Wildman–Crippen LogP) is -0.250. The Morgan fingerprint density at radius 2 is 2.12 bits per heavy atom. The fourth-order valence-corrected chi connectivity index (χ4v) is 1.96. The van der Waals surface area contributed by atoms with E-state index < -0.39 is 0 Å². The molecule has 0 spiro atoms. The van der Waals surface area contributed by atoms with Gasteiger partial charge < -0.3 is 14.4 Å². The topological polar surface area (TPSA) is 50.5 Å². The van der Waals surface area contributed by atoms with Gasteiger partial charge in [0.25, 0.3) is 0 Å². The Balaban J connectivity index is 1.81.